The first-order valence-corrected chi connectivity index (χ1v) is 5.00. The highest BCUT2D eigenvalue weighted by Crippen LogP contribution is 2.26. The first kappa shape index (κ1) is 11.0. The fraction of sp³-hybridized carbons (Fsp3) is 0. The van der Waals surface area contributed by atoms with Crippen molar-refractivity contribution in [2.24, 2.45) is 5.16 Å². The Bertz CT molecular complexity index is 547. The fourth-order valence-electron chi connectivity index (χ4n) is 1.55. The van der Waals surface area contributed by atoms with Crippen LogP contribution < -0.4 is 0 Å². The largest absolute Gasteiger partial charge is 0.508 e. The van der Waals surface area contributed by atoms with Crippen LogP contribution in [-0.4, -0.2) is 21.6 Å². The van der Waals surface area contributed by atoms with E-state index in [0.717, 1.165) is 17.3 Å². The molecule has 2 rings (SSSR count). The predicted molar refractivity (Wildman–Crippen MR) is 64.6 cm³/mol. The minimum atomic E-state index is 0.0355. The number of benzene rings is 2. The van der Waals surface area contributed by atoms with E-state index in [1.807, 2.05) is 0 Å². The Hall–Kier alpha value is -2.49. The molecular formula is C13H11NO3. The smallest absolute Gasteiger partial charge is 0.125 e. The van der Waals surface area contributed by atoms with Crippen molar-refractivity contribution in [1.82, 2.24) is 0 Å². The predicted octanol–water partition coefficient (Wildman–Crippen LogP) is 2.57. The topological polar surface area (TPSA) is 73.1 Å². The molecule has 0 radical (unpaired) electrons. The van der Waals surface area contributed by atoms with E-state index < -0.39 is 0 Å². The summed E-state index contributed by atoms with van der Waals surface area (Å²) in [5.41, 5.74) is 2.14. The summed E-state index contributed by atoms with van der Waals surface area (Å²) < 4.78 is 0. The van der Waals surface area contributed by atoms with Crippen molar-refractivity contribution in [3.05, 3.63) is 48.0 Å². The van der Waals surface area contributed by atoms with Crippen LogP contribution in [0.1, 0.15) is 5.56 Å². The molecule has 2 aromatic rings. The fourth-order valence-corrected chi connectivity index (χ4v) is 1.55. The maximum Gasteiger partial charge on any atom is 0.125 e. The van der Waals surface area contributed by atoms with E-state index in [0.29, 0.717) is 5.56 Å². The van der Waals surface area contributed by atoms with Crippen LogP contribution >= 0.6 is 0 Å². The van der Waals surface area contributed by atoms with Crippen LogP contribution in [0.15, 0.2) is 47.6 Å². The van der Waals surface area contributed by atoms with Gasteiger partial charge in [0.25, 0.3) is 0 Å². The van der Waals surface area contributed by atoms with Gasteiger partial charge in [-0.15, -0.1) is 0 Å². The Morgan fingerprint density at radius 1 is 0.882 bits per heavy atom. The van der Waals surface area contributed by atoms with Gasteiger partial charge in [-0.25, -0.2) is 0 Å². The summed E-state index contributed by atoms with van der Waals surface area (Å²) in [7, 11) is 0. The minimum absolute atomic E-state index is 0.0355. The van der Waals surface area contributed by atoms with Crippen LogP contribution in [0, 0.1) is 0 Å². The van der Waals surface area contributed by atoms with Crippen molar-refractivity contribution in [3.8, 4) is 22.6 Å². The van der Waals surface area contributed by atoms with Gasteiger partial charge in [0.1, 0.15) is 11.5 Å². The number of nitrogens with zero attached hydrogens (tertiary/aromatic N) is 1. The molecule has 0 fully saturated rings. The molecule has 0 unspecified atom stereocenters. The summed E-state index contributed by atoms with van der Waals surface area (Å²) in [4.78, 5) is 0. The third-order valence-corrected chi connectivity index (χ3v) is 2.43. The molecule has 0 aliphatic carbocycles. The molecule has 86 valence electrons. The Morgan fingerprint density at radius 3 is 2.12 bits per heavy atom. The van der Waals surface area contributed by atoms with Crippen LogP contribution in [0.25, 0.3) is 11.1 Å². The van der Waals surface area contributed by atoms with Gasteiger partial charge in [0.2, 0.25) is 0 Å². The normalized spacial score (nSPS) is 10.8. The third-order valence-electron chi connectivity index (χ3n) is 2.43. The molecule has 3 N–H and O–H groups in total. The molecule has 0 saturated carbocycles. The third kappa shape index (κ3) is 2.36. The lowest BCUT2D eigenvalue weighted by Gasteiger charge is -2.04. The molecule has 0 heterocycles. The van der Waals surface area contributed by atoms with Crippen molar-refractivity contribution in [2.75, 3.05) is 0 Å². The second-order valence-corrected chi connectivity index (χ2v) is 3.57. The van der Waals surface area contributed by atoms with Crippen LogP contribution in [0.5, 0.6) is 11.5 Å². The molecule has 0 aromatic heterocycles. The molecule has 0 saturated heterocycles. The first-order chi connectivity index (χ1) is 8.20. The number of aromatic hydroxyl groups is 2. The Labute approximate surface area is 98.1 Å². The number of hydrogen-bond donors (Lipinski definition) is 3. The summed E-state index contributed by atoms with van der Waals surface area (Å²) in [6.45, 7) is 0. The second kappa shape index (κ2) is 4.57. The summed E-state index contributed by atoms with van der Waals surface area (Å²) in [5.74, 6) is 0.232. The zero-order chi connectivity index (χ0) is 12.3. The van der Waals surface area contributed by atoms with Crippen molar-refractivity contribution >= 4 is 6.21 Å². The maximum absolute atomic E-state index is 9.69. The average Bonchev–Trinajstić information content (AvgIpc) is 2.33. The highest BCUT2D eigenvalue weighted by molar-refractivity contribution is 5.84. The molecule has 0 amide bonds. The molecular weight excluding hydrogens is 218 g/mol. The SMILES string of the molecule is O/N=C/c1ccc(-c2ccc(O)cc2)cc1O. The molecule has 4 heteroatoms. The van der Waals surface area contributed by atoms with Crippen molar-refractivity contribution in [2.45, 2.75) is 0 Å². The lowest BCUT2D eigenvalue weighted by atomic mass is 10.0. The molecule has 0 aliphatic heterocycles. The number of rotatable bonds is 2. The van der Waals surface area contributed by atoms with Gasteiger partial charge in [-0.05, 0) is 35.4 Å². The minimum Gasteiger partial charge on any atom is -0.508 e. The Morgan fingerprint density at radius 2 is 1.53 bits per heavy atom. The van der Waals surface area contributed by atoms with E-state index in [1.54, 1.807) is 42.5 Å². The molecule has 0 spiro atoms. The number of phenolic OH excluding ortho intramolecular Hbond substituents is 2. The molecule has 17 heavy (non-hydrogen) atoms. The maximum atomic E-state index is 9.69. The second-order valence-electron chi connectivity index (χ2n) is 3.57. The number of oxime groups is 1. The quantitative estimate of drug-likeness (QED) is 0.421. The van der Waals surface area contributed by atoms with Gasteiger partial charge in [0.05, 0.1) is 6.21 Å². The highest BCUT2D eigenvalue weighted by Gasteiger charge is 2.03. The van der Waals surface area contributed by atoms with E-state index >= 15 is 0 Å². The van der Waals surface area contributed by atoms with Gasteiger partial charge in [-0.1, -0.05) is 23.4 Å². The van der Waals surface area contributed by atoms with Gasteiger partial charge in [-0.2, -0.15) is 0 Å². The number of hydrogen-bond acceptors (Lipinski definition) is 4. The molecule has 2 aromatic carbocycles. The van der Waals surface area contributed by atoms with Gasteiger partial charge >= 0.3 is 0 Å². The molecule has 0 aliphatic rings. The molecule has 0 atom stereocenters. The lowest BCUT2D eigenvalue weighted by Crippen LogP contribution is -1.84. The Kier molecular flexibility index (Phi) is 2.96. The summed E-state index contributed by atoms with van der Waals surface area (Å²) >= 11 is 0. The van der Waals surface area contributed by atoms with E-state index in [2.05, 4.69) is 5.16 Å². The Balaban J connectivity index is 2.40. The monoisotopic (exact) mass is 229 g/mol. The van der Waals surface area contributed by atoms with Crippen LogP contribution in [-0.2, 0) is 0 Å². The van der Waals surface area contributed by atoms with E-state index in [-0.39, 0.29) is 11.5 Å². The number of phenols is 2. The van der Waals surface area contributed by atoms with Crippen molar-refractivity contribution < 1.29 is 15.4 Å². The van der Waals surface area contributed by atoms with Crippen molar-refractivity contribution in [1.29, 1.82) is 0 Å². The van der Waals surface area contributed by atoms with Gasteiger partial charge < -0.3 is 15.4 Å². The summed E-state index contributed by atoms with van der Waals surface area (Å²) in [6, 6.07) is 11.7. The molecule has 4 nitrogen and oxygen atoms in total. The zero-order valence-electron chi connectivity index (χ0n) is 8.91. The zero-order valence-corrected chi connectivity index (χ0v) is 8.91. The highest BCUT2D eigenvalue weighted by atomic mass is 16.4. The van der Waals surface area contributed by atoms with E-state index in [1.165, 1.54) is 0 Å². The van der Waals surface area contributed by atoms with Crippen molar-refractivity contribution in [3.63, 3.8) is 0 Å². The van der Waals surface area contributed by atoms with Gasteiger partial charge in [0, 0.05) is 5.56 Å². The summed E-state index contributed by atoms with van der Waals surface area (Å²) in [6.07, 6.45) is 1.16. The van der Waals surface area contributed by atoms with E-state index in [4.69, 9.17) is 5.21 Å². The van der Waals surface area contributed by atoms with Crippen LogP contribution in [0.2, 0.25) is 0 Å². The standard InChI is InChI=1S/C13H11NO3/c15-12-5-3-9(4-6-12)10-1-2-11(8-14-17)13(16)7-10/h1-8,15-17H/b14-8+. The van der Waals surface area contributed by atoms with Gasteiger partial charge in [0.15, 0.2) is 0 Å². The van der Waals surface area contributed by atoms with Crippen LogP contribution in [0.4, 0.5) is 0 Å². The van der Waals surface area contributed by atoms with E-state index in [9.17, 15) is 10.2 Å². The molecule has 0 bridgehead atoms. The first-order valence-electron chi connectivity index (χ1n) is 5.00. The summed E-state index contributed by atoms with van der Waals surface area (Å²) in [5, 5.41) is 30.1. The lowest BCUT2D eigenvalue weighted by molar-refractivity contribution is 0.321. The van der Waals surface area contributed by atoms with Gasteiger partial charge in [-0.3, -0.25) is 0 Å². The average molecular weight is 229 g/mol. The van der Waals surface area contributed by atoms with Crippen LogP contribution in [0.3, 0.4) is 0 Å².